The standard InChI is InChI=1S/C17H18N2S/c1-19(12-14-7-9-17(20-2)10-8-14)13-16-6-4-3-5-15(16)11-18/h3-10H,12-13H2,1-2H3. The van der Waals surface area contributed by atoms with E-state index in [2.05, 4.69) is 48.5 Å². The SMILES string of the molecule is CSc1ccc(CN(C)Cc2ccccc2C#N)cc1. The molecule has 0 aromatic heterocycles. The first kappa shape index (κ1) is 14.6. The van der Waals surface area contributed by atoms with E-state index in [4.69, 9.17) is 5.26 Å². The van der Waals surface area contributed by atoms with Crippen LogP contribution in [0.25, 0.3) is 0 Å². The lowest BCUT2D eigenvalue weighted by Gasteiger charge is -2.17. The fourth-order valence-electron chi connectivity index (χ4n) is 2.16. The van der Waals surface area contributed by atoms with Gasteiger partial charge in [-0.2, -0.15) is 5.26 Å². The molecule has 0 atom stereocenters. The van der Waals surface area contributed by atoms with Gasteiger partial charge < -0.3 is 0 Å². The van der Waals surface area contributed by atoms with Gasteiger partial charge in [-0.15, -0.1) is 11.8 Å². The van der Waals surface area contributed by atoms with E-state index in [9.17, 15) is 0 Å². The highest BCUT2D eigenvalue weighted by Crippen LogP contribution is 2.16. The molecule has 0 aliphatic heterocycles. The van der Waals surface area contributed by atoms with Crippen molar-refractivity contribution in [3.8, 4) is 6.07 Å². The van der Waals surface area contributed by atoms with Crippen LogP contribution in [0.1, 0.15) is 16.7 Å². The molecule has 0 heterocycles. The van der Waals surface area contributed by atoms with E-state index in [1.807, 2.05) is 24.3 Å². The van der Waals surface area contributed by atoms with Crippen molar-refractivity contribution in [1.29, 1.82) is 5.26 Å². The molecule has 0 saturated carbocycles. The van der Waals surface area contributed by atoms with Gasteiger partial charge in [-0.25, -0.2) is 0 Å². The summed E-state index contributed by atoms with van der Waals surface area (Å²) < 4.78 is 0. The molecule has 0 radical (unpaired) electrons. The second-order valence-electron chi connectivity index (χ2n) is 4.79. The van der Waals surface area contributed by atoms with Crippen molar-refractivity contribution in [3.63, 3.8) is 0 Å². The van der Waals surface area contributed by atoms with Crippen molar-refractivity contribution >= 4 is 11.8 Å². The predicted octanol–water partition coefficient (Wildman–Crippen LogP) is 3.91. The monoisotopic (exact) mass is 282 g/mol. The lowest BCUT2D eigenvalue weighted by atomic mass is 10.1. The molecular weight excluding hydrogens is 264 g/mol. The molecule has 2 aromatic carbocycles. The van der Waals surface area contributed by atoms with Gasteiger partial charge in [0.05, 0.1) is 11.6 Å². The van der Waals surface area contributed by atoms with Crippen LogP contribution in [0.4, 0.5) is 0 Å². The van der Waals surface area contributed by atoms with Gasteiger partial charge in [0.2, 0.25) is 0 Å². The minimum Gasteiger partial charge on any atom is -0.298 e. The molecule has 102 valence electrons. The van der Waals surface area contributed by atoms with Crippen LogP contribution in [0.3, 0.4) is 0 Å². The summed E-state index contributed by atoms with van der Waals surface area (Å²) in [5.41, 5.74) is 3.13. The smallest absolute Gasteiger partial charge is 0.0995 e. The fraction of sp³-hybridized carbons (Fsp3) is 0.235. The quantitative estimate of drug-likeness (QED) is 0.778. The van der Waals surface area contributed by atoms with Gasteiger partial charge in [-0.1, -0.05) is 30.3 Å². The molecular formula is C17H18N2S. The molecule has 0 unspecified atom stereocenters. The lowest BCUT2D eigenvalue weighted by molar-refractivity contribution is 0.319. The maximum atomic E-state index is 9.11. The van der Waals surface area contributed by atoms with E-state index < -0.39 is 0 Å². The zero-order valence-corrected chi connectivity index (χ0v) is 12.7. The van der Waals surface area contributed by atoms with Gasteiger partial charge in [0.15, 0.2) is 0 Å². The molecule has 0 N–H and O–H groups in total. The Morgan fingerprint density at radius 1 is 1.05 bits per heavy atom. The number of nitriles is 1. The van der Waals surface area contributed by atoms with Crippen molar-refractivity contribution in [2.75, 3.05) is 13.3 Å². The Morgan fingerprint density at radius 2 is 1.75 bits per heavy atom. The minimum absolute atomic E-state index is 0.761. The van der Waals surface area contributed by atoms with E-state index >= 15 is 0 Å². The van der Waals surface area contributed by atoms with E-state index in [0.717, 1.165) is 24.2 Å². The predicted molar refractivity (Wildman–Crippen MR) is 84.6 cm³/mol. The van der Waals surface area contributed by atoms with E-state index in [1.165, 1.54) is 10.5 Å². The van der Waals surface area contributed by atoms with Crippen molar-refractivity contribution < 1.29 is 0 Å². The average molecular weight is 282 g/mol. The second-order valence-corrected chi connectivity index (χ2v) is 5.67. The van der Waals surface area contributed by atoms with Crippen molar-refractivity contribution in [2.24, 2.45) is 0 Å². The van der Waals surface area contributed by atoms with Crippen LogP contribution in [0.5, 0.6) is 0 Å². The maximum Gasteiger partial charge on any atom is 0.0995 e. The van der Waals surface area contributed by atoms with Crippen LogP contribution in [0.2, 0.25) is 0 Å². The number of hydrogen-bond donors (Lipinski definition) is 0. The first-order valence-electron chi connectivity index (χ1n) is 6.52. The number of nitrogens with zero attached hydrogens (tertiary/aromatic N) is 2. The Labute approximate surface area is 125 Å². The zero-order chi connectivity index (χ0) is 14.4. The molecule has 0 spiro atoms. The molecule has 0 saturated heterocycles. The average Bonchev–Trinajstić information content (AvgIpc) is 2.48. The summed E-state index contributed by atoms with van der Waals surface area (Å²) in [4.78, 5) is 3.51. The summed E-state index contributed by atoms with van der Waals surface area (Å²) in [6.45, 7) is 1.67. The molecule has 0 aliphatic carbocycles. The molecule has 0 bridgehead atoms. The van der Waals surface area contributed by atoms with Gasteiger partial charge >= 0.3 is 0 Å². The van der Waals surface area contributed by atoms with Crippen molar-refractivity contribution in [3.05, 3.63) is 65.2 Å². The fourth-order valence-corrected chi connectivity index (χ4v) is 2.56. The van der Waals surface area contributed by atoms with Crippen molar-refractivity contribution in [2.45, 2.75) is 18.0 Å². The maximum absolute atomic E-state index is 9.11. The Balaban J connectivity index is 2.01. The van der Waals surface area contributed by atoms with Gasteiger partial charge in [0, 0.05) is 18.0 Å². The molecule has 0 fully saturated rings. The Bertz CT molecular complexity index is 599. The normalized spacial score (nSPS) is 10.5. The van der Waals surface area contributed by atoms with Crippen LogP contribution in [0, 0.1) is 11.3 Å². The number of hydrogen-bond acceptors (Lipinski definition) is 3. The van der Waals surface area contributed by atoms with Crippen LogP contribution in [-0.4, -0.2) is 18.2 Å². The van der Waals surface area contributed by atoms with Crippen molar-refractivity contribution in [1.82, 2.24) is 4.90 Å². The third-order valence-corrected chi connectivity index (χ3v) is 3.93. The summed E-state index contributed by atoms with van der Waals surface area (Å²) in [6.07, 6.45) is 2.08. The highest BCUT2D eigenvalue weighted by molar-refractivity contribution is 7.98. The van der Waals surface area contributed by atoms with Crippen LogP contribution in [0.15, 0.2) is 53.4 Å². The summed E-state index contributed by atoms with van der Waals surface area (Å²) in [5, 5.41) is 9.11. The molecule has 3 heteroatoms. The molecule has 0 amide bonds. The summed E-state index contributed by atoms with van der Waals surface area (Å²) >= 11 is 1.75. The summed E-state index contributed by atoms with van der Waals surface area (Å²) in [5.74, 6) is 0. The van der Waals surface area contributed by atoms with Gasteiger partial charge in [0.25, 0.3) is 0 Å². The topological polar surface area (TPSA) is 27.0 Å². The third kappa shape index (κ3) is 3.86. The largest absolute Gasteiger partial charge is 0.298 e. The Kier molecular flexibility index (Phi) is 5.23. The lowest BCUT2D eigenvalue weighted by Crippen LogP contribution is -2.17. The van der Waals surface area contributed by atoms with Gasteiger partial charge in [-0.05, 0) is 42.6 Å². The molecule has 2 nitrogen and oxygen atoms in total. The van der Waals surface area contributed by atoms with Gasteiger partial charge in [0.1, 0.15) is 0 Å². The first-order chi connectivity index (χ1) is 9.72. The minimum atomic E-state index is 0.761. The Hall–Kier alpha value is -1.76. The van der Waals surface area contributed by atoms with E-state index in [0.29, 0.717) is 0 Å². The van der Waals surface area contributed by atoms with E-state index in [1.54, 1.807) is 11.8 Å². The molecule has 2 rings (SSSR count). The van der Waals surface area contributed by atoms with Crippen LogP contribution < -0.4 is 0 Å². The highest BCUT2D eigenvalue weighted by Gasteiger charge is 2.05. The summed E-state index contributed by atoms with van der Waals surface area (Å²) in [7, 11) is 2.08. The Morgan fingerprint density at radius 3 is 2.40 bits per heavy atom. The molecule has 20 heavy (non-hydrogen) atoms. The van der Waals surface area contributed by atoms with Crippen LogP contribution >= 0.6 is 11.8 Å². The van der Waals surface area contributed by atoms with E-state index in [-0.39, 0.29) is 0 Å². The zero-order valence-electron chi connectivity index (χ0n) is 11.8. The summed E-state index contributed by atoms with van der Waals surface area (Å²) in [6, 6.07) is 18.7. The molecule has 0 aliphatic rings. The highest BCUT2D eigenvalue weighted by atomic mass is 32.2. The van der Waals surface area contributed by atoms with Crippen LogP contribution in [-0.2, 0) is 13.1 Å². The second kappa shape index (κ2) is 7.14. The molecule has 2 aromatic rings. The first-order valence-corrected chi connectivity index (χ1v) is 7.75. The number of thioether (sulfide) groups is 1. The third-order valence-electron chi connectivity index (χ3n) is 3.19. The van der Waals surface area contributed by atoms with Gasteiger partial charge in [-0.3, -0.25) is 4.90 Å². The number of rotatable bonds is 5. The number of benzene rings is 2.